The molecule has 0 aromatic heterocycles. The number of ether oxygens (including phenoxy) is 1. The summed E-state index contributed by atoms with van der Waals surface area (Å²) in [6.45, 7) is 2.19. The zero-order chi connectivity index (χ0) is 38.8. The highest BCUT2D eigenvalue weighted by molar-refractivity contribution is 7.91. The Balaban J connectivity index is 1.30. The van der Waals surface area contributed by atoms with Crippen LogP contribution in [-0.4, -0.2) is 37.3 Å². The van der Waals surface area contributed by atoms with Crippen LogP contribution in [0.3, 0.4) is 0 Å². The van der Waals surface area contributed by atoms with Crippen molar-refractivity contribution < 1.29 is 27.9 Å². The first-order valence-corrected chi connectivity index (χ1v) is 20.6. The van der Waals surface area contributed by atoms with Crippen molar-refractivity contribution >= 4 is 91.0 Å². The molecule has 1 saturated heterocycles. The minimum atomic E-state index is -3.84. The van der Waals surface area contributed by atoms with Crippen LogP contribution in [0.2, 0.25) is 20.1 Å². The van der Waals surface area contributed by atoms with Gasteiger partial charge in [0.15, 0.2) is 6.10 Å². The van der Waals surface area contributed by atoms with E-state index in [0.717, 1.165) is 25.7 Å². The average Bonchev–Trinajstić information content (AvgIpc) is 3.48. The summed E-state index contributed by atoms with van der Waals surface area (Å²) in [5.74, 6) is -0.203. The smallest absolute Gasteiger partial charge is 0.265 e. The average molecular weight is 835 g/mol. The maximum atomic E-state index is 13.7. The van der Waals surface area contributed by atoms with Crippen molar-refractivity contribution in [2.24, 2.45) is 4.99 Å². The lowest BCUT2D eigenvalue weighted by Crippen LogP contribution is -2.36. The SMILES string of the molecule is CCCCCCCCCCC(Oc1ccc(S(=O)(=O)c2ccc(O)cc2)cc1)C(=O)Nc1ccc(Cl)c(N=C2CC(=O)N(c3c(Cl)cc(Cl)cc3Cl)N2)c1. The Kier molecular flexibility index (Phi) is 14.5. The van der Waals surface area contributed by atoms with Crippen molar-refractivity contribution in [3.05, 3.63) is 99.0 Å². The van der Waals surface area contributed by atoms with Crippen LogP contribution < -0.4 is 20.5 Å². The van der Waals surface area contributed by atoms with Crippen molar-refractivity contribution in [3.8, 4) is 11.5 Å². The van der Waals surface area contributed by atoms with E-state index in [4.69, 9.17) is 51.1 Å². The van der Waals surface area contributed by atoms with Gasteiger partial charge in [0.05, 0.1) is 37.0 Å². The van der Waals surface area contributed by atoms with Crippen molar-refractivity contribution in [3.63, 3.8) is 0 Å². The number of carbonyl (C=O) groups is 2. The van der Waals surface area contributed by atoms with E-state index in [0.29, 0.717) is 28.6 Å². The van der Waals surface area contributed by atoms with Crippen molar-refractivity contribution in [1.82, 2.24) is 5.43 Å². The maximum absolute atomic E-state index is 13.7. The molecule has 0 bridgehead atoms. The fraction of sp³-hybridized carbons (Fsp3) is 0.308. The van der Waals surface area contributed by atoms with E-state index >= 15 is 0 Å². The first kappa shape index (κ1) is 41.2. The second-order valence-electron chi connectivity index (χ2n) is 12.8. The highest BCUT2D eigenvalue weighted by atomic mass is 35.5. The van der Waals surface area contributed by atoms with Crippen LogP contribution in [0.25, 0.3) is 0 Å². The number of hydrogen-bond donors (Lipinski definition) is 3. The largest absolute Gasteiger partial charge is 0.508 e. The van der Waals surface area contributed by atoms with Gasteiger partial charge in [-0.05, 0) is 91.7 Å². The molecule has 1 heterocycles. The van der Waals surface area contributed by atoms with Crippen LogP contribution in [-0.2, 0) is 19.4 Å². The molecule has 1 atom stereocenters. The zero-order valence-electron chi connectivity index (χ0n) is 29.5. The lowest BCUT2D eigenvalue weighted by Gasteiger charge is -2.20. The van der Waals surface area contributed by atoms with Crippen LogP contribution in [0, 0.1) is 0 Å². The maximum Gasteiger partial charge on any atom is 0.265 e. The Hall–Kier alpha value is -4.00. The molecule has 54 heavy (non-hydrogen) atoms. The number of anilines is 2. The van der Waals surface area contributed by atoms with Gasteiger partial charge in [0.2, 0.25) is 9.84 Å². The van der Waals surface area contributed by atoms with E-state index in [1.54, 1.807) is 18.2 Å². The predicted octanol–water partition coefficient (Wildman–Crippen LogP) is 10.7. The lowest BCUT2D eigenvalue weighted by atomic mass is 10.1. The molecule has 1 fully saturated rings. The Labute approximate surface area is 335 Å². The molecule has 2 amide bonds. The van der Waals surface area contributed by atoms with Gasteiger partial charge >= 0.3 is 0 Å². The van der Waals surface area contributed by atoms with Gasteiger partial charge in [-0.25, -0.2) is 18.4 Å². The summed E-state index contributed by atoms with van der Waals surface area (Å²) >= 11 is 25.2. The summed E-state index contributed by atoms with van der Waals surface area (Å²) in [5, 5.41) is 14.6. The molecule has 10 nitrogen and oxygen atoms in total. The van der Waals surface area contributed by atoms with Crippen LogP contribution in [0.15, 0.2) is 93.6 Å². The highest BCUT2D eigenvalue weighted by Gasteiger charge is 2.31. The number of amides is 2. The van der Waals surface area contributed by atoms with E-state index < -0.39 is 21.8 Å². The molecule has 1 aliphatic rings. The molecular formula is C39H40Cl4N4O6S. The van der Waals surface area contributed by atoms with Gasteiger partial charge < -0.3 is 15.2 Å². The van der Waals surface area contributed by atoms with Gasteiger partial charge in [0.1, 0.15) is 23.0 Å². The normalized spacial score (nSPS) is 14.3. The fourth-order valence-electron chi connectivity index (χ4n) is 5.82. The number of aromatic hydroxyl groups is 1. The number of sulfone groups is 1. The quantitative estimate of drug-likeness (QED) is 0.0901. The molecular weight excluding hydrogens is 794 g/mol. The molecule has 15 heteroatoms. The number of aliphatic imine (C=N–C) groups is 1. The summed E-state index contributed by atoms with van der Waals surface area (Å²) in [6, 6.07) is 18.9. The summed E-state index contributed by atoms with van der Waals surface area (Å²) in [6.07, 6.45) is 8.10. The molecule has 4 aromatic carbocycles. The summed E-state index contributed by atoms with van der Waals surface area (Å²) in [4.78, 5) is 31.3. The number of hydrazine groups is 1. The molecule has 0 saturated carbocycles. The summed E-state index contributed by atoms with van der Waals surface area (Å²) < 4.78 is 32.4. The van der Waals surface area contributed by atoms with Gasteiger partial charge in [-0.15, -0.1) is 0 Å². The lowest BCUT2D eigenvalue weighted by molar-refractivity contribution is -0.123. The van der Waals surface area contributed by atoms with Gasteiger partial charge in [-0.3, -0.25) is 15.0 Å². The molecule has 4 aromatic rings. The summed E-state index contributed by atoms with van der Waals surface area (Å²) in [7, 11) is -3.84. The number of nitrogens with one attached hydrogen (secondary N) is 2. The molecule has 5 rings (SSSR count). The minimum absolute atomic E-state index is 0.0383. The van der Waals surface area contributed by atoms with Crippen LogP contribution >= 0.6 is 46.4 Å². The number of benzene rings is 4. The van der Waals surface area contributed by atoms with Gasteiger partial charge in [0.25, 0.3) is 11.8 Å². The number of amidine groups is 1. The molecule has 1 unspecified atom stereocenters. The molecule has 0 aliphatic carbocycles. The number of unbranched alkanes of at least 4 members (excludes halogenated alkanes) is 7. The zero-order valence-corrected chi connectivity index (χ0v) is 33.3. The Morgan fingerprint density at radius 3 is 2.07 bits per heavy atom. The van der Waals surface area contributed by atoms with E-state index in [1.165, 1.54) is 91.4 Å². The Bertz CT molecular complexity index is 2070. The molecule has 286 valence electrons. The summed E-state index contributed by atoms with van der Waals surface area (Å²) in [5.41, 5.74) is 3.85. The Morgan fingerprint density at radius 1 is 0.852 bits per heavy atom. The molecule has 3 N–H and O–H groups in total. The van der Waals surface area contributed by atoms with Crippen LogP contribution in [0.5, 0.6) is 11.5 Å². The van der Waals surface area contributed by atoms with E-state index in [2.05, 4.69) is 22.7 Å². The van der Waals surface area contributed by atoms with Crippen molar-refractivity contribution in [2.45, 2.75) is 87.0 Å². The van der Waals surface area contributed by atoms with Crippen LogP contribution in [0.4, 0.5) is 17.1 Å². The van der Waals surface area contributed by atoms with E-state index in [-0.39, 0.29) is 54.5 Å². The van der Waals surface area contributed by atoms with Crippen molar-refractivity contribution in [2.75, 3.05) is 10.3 Å². The number of halogens is 4. The molecule has 1 aliphatic heterocycles. The Morgan fingerprint density at radius 2 is 1.44 bits per heavy atom. The number of rotatable bonds is 17. The number of phenols is 1. The van der Waals surface area contributed by atoms with Crippen LogP contribution in [0.1, 0.15) is 71.1 Å². The standard InChI is InChI=1S/C39H40Cl4N4O6S/c1-2-3-4-5-6-7-8-9-10-35(53-28-14-18-30(19-15-28)54(51,52)29-16-12-27(48)13-17-29)39(50)44-26-11-20-31(41)34(23-26)45-36-24-37(49)47(46-36)38-32(42)21-25(40)22-33(38)43/h11-23,35,48H,2-10,24H2,1H3,(H,44,50)(H,45,46). The van der Waals surface area contributed by atoms with Gasteiger partial charge in [0, 0.05) is 10.7 Å². The predicted molar refractivity (Wildman–Crippen MR) is 216 cm³/mol. The second kappa shape index (κ2) is 19.0. The number of carbonyl (C=O) groups excluding carboxylic acids is 2. The second-order valence-corrected chi connectivity index (χ2v) is 16.4. The molecule has 0 spiro atoms. The number of nitrogens with zero attached hydrogens (tertiary/aromatic N) is 2. The third-order valence-electron chi connectivity index (χ3n) is 8.65. The van der Waals surface area contributed by atoms with E-state index in [1.807, 2.05) is 0 Å². The van der Waals surface area contributed by atoms with Crippen molar-refractivity contribution in [1.29, 1.82) is 0 Å². The van der Waals surface area contributed by atoms with Gasteiger partial charge in [-0.2, -0.15) is 0 Å². The van der Waals surface area contributed by atoms with Gasteiger partial charge in [-0.1, -0.05) is 98.3 Å². The monoisotopic (exact) mass is 832 g/mol. The number of phenolic OH excluding ortho intramolecular Hbond substituents is 1. The third-order valence-corrected chi connectivity index (χ3v) is 11.6. The first-order valence-electron chi connectivity index (χ1n) is 17.6. The third kappa shape index (κ3) is 10.8. The first-order chi connectivity index (χ1) is 25.8. The fourth-order valence-corrected chi connectivity index (χ4v) is 8.23. The molecule has 0 radical (unpaired) electrons. The highest BCUT2D eigenvalue weighted by Crippen LogP contribution is 2.38. The van der Waals surface area contributed by atoms with E-state index in [9.17, 15) is 23.1 Å². The topological polar surface area (TPSA) is 137 Å². The minimum Gasteiger partial charge on any atom is -0.508 e. The number of hydrogen-bond acceptors (Lipinski definition) is 7.